The van der Waals surface area contributed by atoms with Gasteiger partial charge < -0.3 is 4.74 Å². The standard InChI is InChI=1S/C9H16NO2/c1-8(11)12-7-5-9-4-2-3-6-10-9/h9H,2-7H2,1H3. The van der Waals surface area contributed by atoms with Crippen molar-refractivity contribution in [2.45, 2.75) is 38.6 Å². The van der Waals surface area contributed by atoms with Crippen LogP contribution in [0.25, 0.3) is 0 Å². The molecule has 1 unspecified atom stereocenters. The molecule has 1 fully saturated rings. The third kappa shape index (κ3) is 3.72. The van der Waals surface area contributed by atoms with Crippen LogP contribution < -0.4 is 5.32 Å². The number of rotatable bonds is 3. The lowest BCUT2D eigenvalue weighted by molar-refractivity contribution is -0.141. The monoisotopic (exact) mass is 170 g/mol. The largest absolute Gasteiger partial charge is 0.466 e. The molecule has 1 atom stereocenters. The number of piperidine rings is 1. The zero-order valence-electron chi connectivity index (χ0n) is 7.58. The first-order chi connectivity index (χ1) is 5.79. The van der Waals surface area contributed by atoms with E-state index in [-0.39, 0.29) is 5.97 Å². The summed E-state index contributed by atoms with van der Waals surface area (Å²) in [5, 5.41) is 4.43. The number of carbonyl (C=O) groups excluding carboxylic acids is 1. The van der Waals surface area contributed by atoms with Crippen LogP contribution in [0.3, 0.4) is 0 Å². The van der Waals surface area contributed by atoms with Crippen LogP contribution in [0.5, 0.6) is 0 Å². The summed E-state index contributed by atoms with van der Waals surface area (Å²) in [6, 6.07) is 0.443. The Morgan fingerprint density at radius 3 is 3.00 bits per heavy atom. The van der Waals surface area contributed by atoms with Gasteiger partial charge in [0.15, 0.2) is 0 Å². The lowest BCUT2D eigenvalue weighted by Crippen LogP contribution is -2.29. The molecule has 0 N–H and O–H groups in total. The Morgan fingerprint density at radius 1 is 1.58 bits per heavy atom. The zero-order valence-corrected chi connectivity index (χ0v) is 7.58. The fraction of sp³-hybridized carbons (Fsp3) is 0.889. The van der Waals surface area contributed by atoms with Gasteiger partial charge in [0.1, 0.15) is 0 Å². The molecule has 1 saturated heterocycles. The van der Waals surface area contributed by atoms with Crippen molar-refractivity contribution < 1.29 is 9.53 Å². The molecule has 0 aromatic rings. The molecule has 3 heteroatoms. The summed E-state index contributed by atoms with van der Waals surface area (Å²) in [4.78, 5) is 10.4. The molecule has 1 radical (unpaired) electrons. The van der Waals surface area contributed by atoms with Crippen molar-refractivity contribution in [3.63, 3.8) is 0 Å². The normalized spacial score (nSPS) is 23.6. The van der Waals surface area contributed by atoms with Crippen molar-refractivity contribution in [2.24, 2.45) is 0 Å². The van der Waals surface area contributed by atoms with Gasteiger partial charge in [-0.2, -0.15) is 0 Å². The molecule has 3 nitrogen and oxygen atoms in total. The smallest absolute Gasteiger partial charge is 0.302 e. The SMILES string of the molecule is CC(=O)OCCC1CCCC[N]1. The number of hydrogen-bond donors (Lipinski definition) is 0. The van der Waals surface area contributed by atoms with E-state index < -0.39 is 0 Å². The first-order valence-corrected chi connectivity index (χ1v) is 4.59. The van der Waals surface area contributed by atoms with Gasteiger partial charge in [0.25, 0.3) is 0 Å². The Bertz CT molecular complexity index is 141. The quantitative estimate of drug-likeness (QED) is 0.595. The van der Waals surface area contributed by atoms with Crippen LogP contribution in [0.1, 0.15) is 32.6 Å². The minimum atomic E-state index is -0.189. The van der Waals surface area contributed by atoms with E-state index in [1.165, 1.54) is 26.2 Å². The molecule has 0 spiro atoms. The molecule has 69 valence electrons. The number of hydrogen-bond acceptors (Lipinski definition) is 2. The van der Waals surface area contributed by atoms with Gasteiger partial charge in [-0.15, -0.1) is 0 Å². The molecule has 12 heavy (non-hydrogen) atoms. The Balaban J connectivity index is 2.01. The minimum Gasteiger partial charge on any atom is -0.466 e. The molecule has 0 bridgehead atoms. The summed E-state index contributed by atoms with van der Waals surface area (Å²) < 4.78 is 4.85. The predicted molar refractivity (Wildman–Crippen MR) is 45.9 cm³/mol. The number of ether oxygens (including phenoxy) is 1. The molecule has 1 aliphatic heterocycles. The highest BCUT2D eigenvalue weighted by Gasteiger charge is 2.13. The van der Waals surface area contributed by atoms with Gasteiger partial charge in [-0.05, 0) is 19.3 Å². The first-order valence-electron chi connectivity index (χ1n) is 4.59. The number of esters is 1. The molecule has 0 saturated carbocycles. The van der Waals surface area contributed by atoms with Gasteiger partial charge in [0.2, 0.25) is 0 Å². The fourth-order valence-electron chi connectivity index (χ4n) is 1.43. The molecule has 1 aliphatic rings. The van der Waals surface area contributed by atoms with Crippen LogP contribution in [0.4, 0.5) is 0 Å². The highest BCUT2D eigenvalue weighted by atomic mass is 16.5. The second-order valence-electron chi connectivity index (χ2n) is 3.18. The second-order valence-corrected chi connectivity index (χ2v) is 3.18. The maximum Gasteiger partial charge on any atom is 0.302 e. The lowest BCUT2D eigenvalue weighted by atomic mass is 10.0. The van der Waals surface area contributed by atoms with E-state index in [0.717, 1.165) is 13.0 Å². The van der Waals surface area contributed by atoms with Crippen LogP contribution >= 0.6 is 0 Å². The highest BCUT2D eigenvalue weighted by molar-refractivity contribution is 5.65. The van der Waals surface area contributed by atoms with Crippen molar-refractivity contribution in [1.82, 2.24) is 5.32 Å². The third-order valence-electron chi connectivity index (χ3n) is 2.09. The van der Waals surface area contributed by atoms with Gasteiger partial charge in [0.05, 0.1) is 6.61 Å². The summed E-state index contributed by atoms with van der Waals surface area (Å²) in [7, 11) is 0. The highest BCUT2D eigenvalue weighted by Crippen LogP contribution is 2.11. The minimum absolute atomic E-state index is 0.189. The van der Waals surface area contributed by atoms with E-state index >= 15 is 0 Å². The number of carbonyl (C=O) groups is 1. The molecule has 1 rings (SSSR count). The van der Waals surface area contributed by atoms with Crippen LogP contribution in [0.2, 0.25) is 0 Å². The zero-order chi connectivity index (χ0) is 8.81. The van der Waals surface area contributed by atoms with Crippen LogP contribution in [-0.2, 0) is 9.53 Å². The Hall–Kier alpha value is -0.570. The van der Waals surface area contributed by atoms with Crippen LogP contribution in [0, 0.1) is 0 Å². The summed E-state index contributed by atoms with van der Waals surface area (Å²) in [6.07, 6.45) is 4.57. The average molecular weight is 170 g/mol. The van der Waals surface area contributed by atoms with Gasteiger partial charge in [0, 0.05) is 19.5 Å². The maximum atomic E-state index is 10.4. The molecule has 0 aromatic heterocycles. The van der Waals surface area contributed by atoms with E-state index in [4.69, 9.17) is 4.74 Å². The summed E-state index contributed by atoms with van der Waals surface area (Å²) in [5.41, 5.74) is 0. The predicted octanol–water partition coefficient (Wildman–Crippen LogP) is 1.10. The van der Waals surface area contributed by atoms with Gasteiger partial charge >= 0.3 is 5.97 Å². The third-order valence-corrected chi connectivity index (χ3v) is 2.09. The number of nitrogens with zero attached hydrogens (tertiary/aromatic N) is 1. The molecule has 1 heterocycles. The average Bonchev–Trinajstić information content (AvgIpc) is 2.05. The molecule has 0 amide bonds. The van der Waals surface area contributed by atoms with E-state index in [9.17, 15) is 4.79 Å². The van der Waals surface area contributed by atoms with Gasteiger partial charge in [-0.1, -0.05) is 6.42 Å². The van der Waals surface area contributed by atoms with Crippen molar-refractivity contribution in [3.8, 4) is 0 Å². The topological polar surface area (TPSA) is 40.4 Å². The molecule has 0 aliphatic carbocycles. The summed E-state index contributed by atoms with van der Waals surface area (Å²) >= 11 is 0. The Morgan fingerprint density at radius 2 is 2.42 bits per heavy atom. The van der Waals surface area contributed by atoms with Crippen molar-refractivity contribution in [1.29, 1.82) is 0 Å². The Labute approximate surface area is 73.5 Å². The summed E-state index contributed by atoms with van der Waals surface area (Å²) in [6.45, 7) is 2.96. The van der Waals surface area contributed by atoms with Gasteiger partial charge in [-0.3, -0.25) is 4.79 Å². The van der Waals surface area contributed by atoms with Crippen molar-refractivity contribution >= 4 is 5.97 Å². The van der Waals surface area contributed by atoms with Gasteiger partial charge in [-0.25, -0.2) is 5.32 Å². The van der Waals surface area contributed by atoms with E-state index in [2.05, 4.69) is 5.32 Å². The first kappa shape index (κ1) is 9.52. The maximum absolute atomic E-state index is 10.4. The second kappa shape index (κ2) is 5.14. The van der Waals surface area contributed by atoms with E-state index in [0.29, 0.717) is 12.6 Å². The molecular formula is C9H16NO2. The van der Waals surface area contributed by atoms with Crippen molar-refractivity contribution in [3.05, 3.63) is 0 Å². The van der Waals surface area contributed by atoms with E-state index in [1.54, 1.807) is 0 Å². The van der Waals surface area contributed by atoms with Crippen LogP contribution in [0.15, 0.2) is 0 Å². The fourth-order valence-corrected chi connectivity index (χ4v) is 1.43. The summed E-state index contributed by atoms with van der Waals surface area (Å²) in [5.74, 6) is -0.189. The van der Waals surface area contributed by atoms with Crippen LogP contribution in [-0.4, -0.2) is 25.2 Å². The Kier molecular flexibility index (Phi) is 4.08. The van der Waals surface area contributed by atoms with Crippen molar-refractivity contribution in [2.75, 3.05) is 13.2 Å². The van der Waals surface area contributed by atoms with E-state index in [1.807, 2.05) is 0 Å². The molecular weight excluding hydrogens is 154 g/mol. The lowest BCUT2D eigenvalue weighted by Gasteiger charge is -2.20. The molecule has 0 aromatic carbocycles.